The first-order valence-electron chi connectivity index (χ1n) is 9.82. The van der Waals surface area contributed by atoms with E-state index in [0.29, 0.717) is 19.0 Å². The van der Waals surface area contributed by atoms with Gasteiger partial charge in [0.2, 0.25) is 5.91 Å². The molecule has 0 aromatic carbocycles. The lowest BCUT2D eigenvalue weighted by Gasteiger charge is -2.35. The van der Waals surface area contributed by atoms with Crippen molar-refractivity contribution in [1.29, 1.82) is 0 Å². The van der Waals surface area contributed by atoms with Crippen molar-refractivity contribution in [1.82, 2.24) is 20.9 Å². The number of ether oxygens (including phenoxy) is 2. The van der Waals surface area contributed by atoms with Crippen molar-refractivity contribution >= 4 is 18.0 Å². The molecule has 9 nitrogen and oxygen atoms in total. The van der Waals surface area contributed by atoms with Crippen molar-refractivity contribution in [3.05, 3.63) is 0 Å². The number of guanidine groups is 1. The zero-order valence-corrected chi connectivity index (χ0v) is 18.5. The molecule has 0 aromatic heterocycles. The van der Waals surface area contributed by atoms with Crippen molar-refractivity contribution < 1.29 is 19.1 Å². The molecule has 2 unspecified atom stereocenters. The fourth-order valence-electron chi connectivity index (χ4n) is 3.04. The maximum Gasteiger partial charge on any atom is 0.412 e. The van der Waals surface area contributed by atoms with Crippen molar-refractivity contribution in [2.24, 2.45) is 4.99 Å². The van der Waals surface area contributed by atoms with E-state index >= 15 is 0 Å². The molecule has 0 radical (unpaired) electrons. The molecule has 0 saturated carbocycles. The van der Waals surface area contributed by atoms with Crippen molar-refractivity contribution in [2.45, 2.75) is 78.4 Å². The quantitative estimate of drug-likeness (QED) is 0.461. The average Bonchev–Trinajstić information content (AvgIpc) is 2.79. The largest absolute Gasteiger partial charge is 0.444 e. The topological polar surface area (TPSA) is 104 Å². The van der Waals surface area contributed by atoms with Gasteiger partial charge in [-0.25, -0.2) is 4.79 Å². The predicted molar refractivity (Wildman–Crippen MR) is 109 cm³/mol. The van der Waals surface area contributed by atoms with E-state index in [2.05, 4.69) is 20.9 Å². The monoisotopic (exact) mass is 399 g/mol. The Labute approximate surface area is 168 Å². The summed E-state index contributed by atoms with van der Waals surface area (Å²) in [6.07, 6.45) is 0.269. The van der Waals surface area contributed by atoms with Gasteiger partial charge < -0.3 is 25.4 Å². The van der Waals surface area contributed by atoms with Crippen molar-refractivity contribution in [2.75, 3.05) is 26.7 Å². The second kappa shape index (κ2) is 9.95. The van der Waals surface area contributed by atoms with E-state index in [4.69, 9.17) is 9.47 Å². The molecule has 162 valence electrons. The highest BCUT2D eigenvalue weighted by Gasteiger charge is 2.49. The number of hydrogen-bond donors (Lipinski definition) is 3. The van der Waals surface area contributed by atoms with Crippen LogP contribution in [0.4, 0.5) is 4.79 Å². The van der Waals surface area contributed by atoms with Crippen LogP contribution in [0.5, 0.6) is 0 Å². The van der Waals surface area contributed by atoms with Gasteiger partial charge in [-0.3, -0.25) is 14.7 Å². The molecule has 0 spiro atoms. The molecule has 0 aliphatic carbocycles. The molecule has 3 N–H and O–H groups in total. The van der Waals surface area contributed by atoms with Gasteiger partial charge in [0.25, 0.3) is 0 Å². The summed E-state index contributed by atoms with van der Waals surface area (Å²) in [6.45, 7) is 14.3. The van der Waals surface area contributed by atoms with E-state index in [0.717, 1.165) is 6.42 Å². The van der Waals surface area contributed by atoms with E-state index in [1.54, 1.807) is 11.9 Å². The molecule has 1 fully saturated rings. The fourth-order valence-corrected chi connectivity index (χ4v) is 3.04. The van der Waals surface area contributed by atoms with Crippen LogP contribution in [0.2, 0.25) is 0 Å². The molecule has 1 aliphatic heterocycles. The molecular weight excluding hydrogens is 362 g/mol. The second-order valence-corrected chi connectivity index (χ2v) is 8.34. The molecule has 0 aromatic rings. The van der Waals surface area contributed by atoms with Crippen LogP contribution in [0.15, 0.2) is 4.99 Å². The predicted octanol–water partition coefficient (Wildman–Crippen LogP) is 1.44. The van der Waals surface area contributed by atoms with Gasteiger partial charge in [0.1, 0.15) is 11.3 Å². The molecule has 2 atom stereocenters. The molecule has 1 aliphatic rings. The highest BCUT2D eigenvalue weighted by molar-refractivity contribution is 5.86. The van der Waals surface area contributed by atoms with E-state index in [1.807, 2.05) is 48.5 Å². The van der Waals surface area contributed by atoms with Crippen LogP contribution in [0.3, 0.4) is 0 Å². The summed E-state index contributed by atoms with van der Waals surface area (Å²) in [5, 5.41) is 8.94. The van der Waals surface area contributed by atoms with Gasteiger partial charge in [0.15, 0.2) is 5.96 Å². The summed E-state index contributed by atoms with van der Waals surface area (Å²) in [5.41, 5.74) is -1.38. The molecule has 0 bridgehead atoms. The Kier molecular flexibility index (Phi) is 8.53. The van der Waals surface area contributed by atoms with Gasteiger partial charge in [-0.2, -0.15) is 0 Å². The Morgan fingerprint density at radius 2 is 1.86 bits per heavy atom. The summed E-state index contributed by atoms with van der Waals surface area (Å²) in [5.74, 6) is 0.381. The highest BCUT2D eigenvalue weighted by atomic mass is 16.6. The Balaban J connectivity index is 2.72. The molecule has 1 heterocycles. The van der Waals surface area contributed by atoms with Crippen LogP contribution < -0.4 is 16.0 Å². The third-order valence-electron chi connectivity index (χ3n) is 4.21. The maximum absolute atomic E-state index is 12.8. The fraction of sp³-hybridized carbons (Fsp3) is 0.842. The molecule has 9 heteroatoms. The number of carbonyl (C=O) groups is 2. The number of amides is 2. The minimum Gasteiger partial charge on any atom is -0.444 e. The summed E-state index contributed by atoms with van der Waals surface area (Å²) in [4.78, 5) is 30.3. The Morgan fingerprint density at radius 1 is 1.21 bits per heavy atom. The third kappa shape index (κ3) is 7.18. The Hall–Kier alpha value is -2.03. The minimum absolute atomic E-state index is 0.0983. The van der Waals surface area contributed by atoms with Gasteiger partial charge in [-0.05, 0) is 48.0 Å². The van der Waals surface area contributed by atoms with Gasteiger partial charge in [0, 0.05) is 20.1 Å². The molecule has 28 heavy (non-hydrogen) atoms. The van der Waals surface area contributed by atoms with Gasteiger partial charge in [-0.1, -0.05) is 6.92 Å². The first-order valence-corrected chi connectivity index (χ1v) is 9.82. The number of aliphatic imine (C=N–C) groups is 1. The van der Waals surface area contributed by atoms with E-state index in [-0.39, 0.29) is 24.6 Å². The van der Waals surface area contributed by atoms with Crippen LogP contribution >= 0.6 is 0 Å². The minimum atomic E-state index is -0.787. The number of rotatable bonds is 6. The Bertz CT molecular complexity index is 571. The van der Waals surface area contributed by atoms with Crippen LogP contribution in [0.25, 0.3) is 0 Å². The summed E-state index contributed by atoms with van der Waals surface area (Å²) in [6, 6.07) is -0.252. The van der Waals surface area contributed by atoms with Crippen molar-refractivity contribution in [3.8, 4) is 0 Å². The first-order chi connectivity index (χ1) is 12.9. The zero-order valence-electron chi connectivity index (χ0n) is 18.5. The van der Waals surface area contributed by atoms with Crippen molar-refractivity contribution in [3.63, 3.8) is 0 Å². The second-order valence-electron chi connectivity index (χ2n) is 8.34. The summed E-state index contributed by atoms with van der Waals surface area (Å²) < 4.78 is 11.5. The lowest BCUT2D eigenvalue weighted by atomic mass is 10.1. The third-order valence-corrected chi connectivity index (χ3v) is 4.21. The first kappa shape index (κ1) is 24.0. The summed E-state index contributed by atoms with van der Waals surface area (Å²) in [7, 11) is 1.63. The molecule has 1 rings (SSSR count). The van der Waals surface area contributed by atoms with E-state index in [1.165, 1.54) is 0 Å². The lowest BCUT2D eigenvalue weighted by Crippen LogP contribution is -2.54. The van der Waals surface area contributed by atoms with E-state index in [9.17, 15) is 9.59 Å². The van der Waals surface area contributed by atoms with Gasteiger partial charge in [0.05, 0.1) is 18.7 Å². The lowest BCUT2D eigenvalue weighted by molar-refractivity contribution is -0.120. The number of hydrogen-bond acceptors (Lipinski definition) is 5. The number of nitrogens with zero attached hydrogens (tertiary/aromatic N) is 2. The van der Waals surface area contributed by atoms with Crippen LogP contribution in [0.1, 0.15) is 54.9 Å². The smallest absolute Gasteiger partial charge is 0.412 e. The molecular formula is C19H37N5O4. The molecule has 1 saturated heterocycles. The standard InChI is InChI=1S/C19H37N5O4/c1-9-10-21-15(25)12-23-16(20-8)22-11-14-13(2)27-19(6,7)24(14)17(26)28-18(3,4)5/h13-14H,9-12H2,1-8H3,(H,21,25)(H2,20,22,23). The Morgan fingerprint density at radius 3 is 2.39 bits per heavy atom. The van der Waals surface area contributed by atoms with Crippen LogP contribution in [0, 0.1) is 0 Å². The van der Waals surface area contributed by atoms with E-state index < -0.39 is 17.4 Å². The van der Waals surface area contributed by atoms with Crippen LogP contribution in [-0.4, -0.2) is 73.0 Å². The number of carbonyl (C=O) groups excluding carboxylic acids is 2. The number of nitrogens with one attached hydrogen (secondary N) is 3. The zero-order chi connectivity index (χ0) is 21.5. The highest BCUT2D eigenvalue weighted by Crippen LogP contribution is 2.33. The summed E-state index contributed by atoms with van der Waals surface area (Å²) >= 11 is 0. The SMILES string of the molecule is CCCNC(=O)CNC(=NC)NCC1C(C)OC(C)(C)N1C(=O)OC(C)(C)C. The molecule has 2 amide bonds. The maximum atomic E-state index is 12.8. The van der Waals surface area contributed by atoms with Gasteiger partial charge >= 0.3 is 6.09 Å². The van der Waals surface area contributed by atoms with Crippen LogP contribution in [-0.2, 0) is 14.3 Å². The normalized spacial score (nSPS) is 22.0. The van der Waals surface area contributed by atoms with Gasteiger partial charge in [-0.15, -0.1) is 0 Å². The average molecular weight is 400 g/mol.